The van der Waals surface area contributed by atoms with Crippen LogP contribution in [0.25, 0.3) is 0 Å². The number of amides is 1. The lowest BCUT2D eigenvalue weighted by Gasteiger charge is -2.35. The SMILES string of the molecule is CS(=O)(=O)N1CCC[C@H](CCC(=O)N2CCN(Cc3ccccc3)CC2)C1. The highest BCUT2D eigenvalue weighted by molar-refractivity contribution is 7.88. The molecule has 0 unspecified atom stereocenters. The van der Waals surface area contributed by atoms with Crippen molar-refractivity contribution >= 4 is 15.9 Å². The molecule has 6 nitrogen and oxygen atoms in total. The van der Waals surface area contributed by atoms with Gasteiger partial charge in [0.2, 0.25) is 15.9 Å². The minimum atomic E-state index is -3.12. The van der Waals surface area contributed by atoms with Crippen LogP contribution >= 0.6 is 0 Å². The quantitative estimate of drug-likeness (QED) is 0.739. The van der Waals surface area contributed by atoms with Gasteiger partial charge in [-0.15, -0.1) is 0 Å². The molecular formula is C20H31N3O3S. The highest BCUT2D eigenvalue weighted by Crippen LogP contribution is 2.23. The van der Waals surface area contributed by atoms with Crippen LogP contribution in [0, 0.1) is 5.92 Å². The van der Waals surface area contributed by atoms with E-state index in [-0.39, 0.29) is 5.91 Å². The molecule has 2 aliphatic heterocycles. The van der Waals surface area contributed by atoms with E-state index in [0.717, 1.165) is 52.0 Å². The maximum atomic E-state index is 12.6. The lowest BCUT2D eigenvalue weighted by molar-refractivity contribution is -0.133. The van der Waals surface area contributed by atoms with Crippen molar-refractivity contribution in [3.8, 4) is 0 Å². The van der Waals surface area contributed by atoms with Crippen molar-refractivity contribution in [1.29, 1.82) is 0 Å². The van der Waals surface area contributed by atoms with Crippen molar-refractivity contribution < 1.29 is 13.2 Å². The normalized spacial score (nSPS) is 22.7. The summed E-state index contributed by atoms with van der Waals surface area (Å²) in [7, 11) is -3.12. The Kier molecular flexibility index (Phi) is 6.89. The fourth-order valence-corrected chi connectivity index (χ4v) is 4.99. The summed E-state index contributed by atoms with van der Waals surface area (Å²) in [6.07, 6.45) is 4.50. The molecule has 1 atom stereocenters. The van der Waals surface area contributed by atoms with Crippen molar-refractivity contribution in [3.63, 3.8) is 0 Å². The van der Waals surface area contributed by atoms with Crippen LogP contribution in [0.15, 0.2) is 30.3 Å². The van der Waals surface area contributed by atoms with Gasteiger partial charge in [0.05, 0.1) is 6.26 Å². The summed E-state index contributed by atoms with van der Waals surface area (Å²) in [5.41, 5.74) is 1.31. The second-order valence-electron chi connectivity index (χ2n) is 7.81. The van der Waals surface area contributed by atoms with Crippen LogP contribution in [-0.2, 0) is 21.4 Å². The van der Waals surface area contributed by atoms with Crippen LogP contribution in [0.1, 0.15) is 31.2 Å². The van der Waals surface area contributed by atoms with Crippen molar-refractivity contribution in [3.05, 3.63) is 35.9 Å². The maximum absolute atomic E-state index is 12.6. The topological polar surface area (TPSA) is 60.9 Å². The van der Waals surface area contributed by atoms with E-state index in [0.29, 0.717) is 25.4 Å². The highest BCUT2D eigenvalue weighted by atomic mass is 32.2. The third kappa shape index (κ3) is 6.02. The van der Waals surface area contributed by atoms with Crippen molar-refractivity contribution in [2.45, 2.75) is 32.2 Å². The van der Waals surface area contributed by atoms with Gasteiger partial charge in [-0.25, -0.2) is 12.7 Å². The Morgan fingerprint density at radius 2 is 1.78 bits per heavy atom. The Morgan fingerprint density at radius 3 is 2.44 bits per heavy atom. The first-order valence-electron chi connectivity index (χ1n) is 9.91. The molecule has 2 aliphatic rings. The number of rotatable bonds is 6. The Labute approximate surface area is 163 Å². The van der Waals surface area contributed by atoms with Gasteiger partial charge in [-0.2, -0.15) is 0 Å². The van der Waals surface area contributed by atoms with E-state index in [2.05, 4.69) is 29.2 Å². The van der Waals surface area contributed by atoms with Crippen LogP contribution in [0.2, 0.25) is 0 Å². The third-order valence-corrected chi connectivity index (χ3v) is 6.96. The minimum Gasteiger partial charge on any atom is -0.340 e. The van der Waals surface area contributed by atoms with Gasteiger partial charge in [0.15, 0.2) is 0 Å². The molecule has 1 amide bonds. The molecule has 0 aromatic heterocycles. The highest BCUT2D eigenvalue weighted by Gasteiger charge is 2.27. The summed E-state index contributed by atoms with van der Waals surface area (Å²) in [6, 6.07) is 10.4. The summed E-state index contributed by atoms with van der Waals surface area (Å²) in [4.78, 5) is 16.9. The molecule has 0 N–H and O–H groups in total. The lowest BCUT2D eigenvalue weighted by Crippen LogP contribution is -2.48. The molecule has 2 saturated heterocycles. The zero-order chi connectivity index (χ0) is 19.3. The van der Waals surface area contributed by atoms with Crippen molar-refractivity contribution in [2.75, 3.05) is 45.5 Å². The van der Waals surface area contributed by atoms with E-state index in [1.54, 1.807) is 4.31 Å². The number of benzene rings is 1. The van der Waals surface area contributed by atoms with Gasteiger partial charge < -0.3 is 4.90 Å². The maximum Gasteiger partial charge on any atom is 0.222 e. The van der Waals surface area contributed by atoms with Gasteiger partial charge in [0.25, 0.3) is 0 Å². The molecule has 2 heterocycles. The summed E-state index contributed by atoms with van der Waals surface area (Å²) in [6.45, 7) is 5.51. The zero-order valence-electron chi connectivity index (χ0n) is 16.2. The Bertz CT molecular complexity index is 715. The van der Waals surface area contributed by atoms with E-state index in [9.17, 15) is 13.2 Å². The Balaban J connectivity index is 1.39. The summed E-state index contributed by atoms with van der Waals surface area (Å²) >= 11 is 0. The lowest BCUT2D eigenvalue weighted by atomic mass is 9.94. The molecule has 150 valence electrons. The van der Waals surface area contributed by atoms with E-state index in [4.69, 9.17) is 0 Å². The Hall–Kier alpha value is -1.44. The first kappa shape index (κ1) is 20.3. The van der Waals surface area contributed by atoms with Gasteiger partial charge in [-0.05, 0) is 30.7 Å². The van der Waals surface area contributed by atoms with Gasteiger partial charge in [0.1, 0.15) is 0 Å². The molecule has 0 aliphatic carbocycles. The van der Waals surface area contributed by atoms with Crippen LogP contribution in [0.4, 0.5) is 0 Å². The number of piperidine rings is 1. The zero-order valence-corrected chi connectivity index (χ0v) is 17.0. The molecular weight excluding hydrogens is 362 g/mol. The van der Waals surface area contributed by atoms with E-state index >= 15 is 0 Å². The van der Waals surface area contributed by atoms with E-state index in [1.807, 2.05) is 11.0 Å². The summed E-state index contributed by atoms with van der Waals surface area (Å²) < 4.78 is 25.0. The second-order valence-corrected chi connectivity index (χ2v) is 9.79. The fourth-order valence-electron chi connectivity index (χ4n) is 4.05. The first-order valence-corrected chi connectivity index (χ1v) is 11.8. The fraction of sp³-hybridized carbons (Fsp3) is 0.650. The number of hydrogen-bond acceptors (Lipinski definition) is 4. The van der Waals surface area contributed by atoms with E-state index in [1.165, 1.54) is 11.8 Å². The standard InChI is InChI=1S/C20H31N3O3S/c1-27(25,26)23-11-5-8-19(17-23)9-10-20(24)22-14-12-21(13-15-22)16-18-6-3-2-4-7-18/h2-4,6-7,19H,5,8-17H2,1H3/t19-/m1/s1. The van der Waals surface area contributed by atoms with E-state index < -0.39 is 10.0 Å². The number of piperazine rings is 1. The van der Waals surface area contributed by atoms with Crippen LogP contribution < -0.4 is 0 Å². The summed E-state index contributed by atoms with van der Waals surface area (Å²) in [5.74, 6) is 0.516. The van der Waals surface area contributed by atoms with Gasteiger partial charge in [-0.3, -0.25) is 9.69 Å². The van der Waals surface area contributed by atoms with Crippen LogP contribution in [0.3, 0.4) is 0 Å². The van der Waals surface area contributed by atoms with Crippen LogP contribution in [0.5, 0.6) is 0 Å². The van der Waals surface area contributed by atoms with Crippen LogP contribution in [-0.4, -0.2) is 74.0 Å². The monoisotopic (exact) mass is 393 g/mol. The minimum absolute atomic E-state index is 0.214. The number of nitrogens with zero attached hydrogens (tertiary/aromatic N) is 3. The molecule has 2 fully saturated rings. The van der Waals surface area contributed by atoms with Gasteiger partial charge in [-0.1, -0.05) is 30.3 Å². The van der Waals surface area contributed by atoms with Gasteiger partial charge >= 0.3 is 0 Å². The molecule has 0 bridgehead atoms. The molecule has 1 aromatic carbocycles. The molecule has 0 spiro atoms. The average Bonchev–Trinajstić information content (AvgIpc) is 2.67. The largest absolute Gasteiger partial charge is 0.340 e. The number of carbonyl (C=O) groups is 1. The number of carbonyl (C=O) groups excluding carboxylic acids is 1. The Morgan fingerprint density at radius 1 is 1.07 bits per heavy atom. The first-order chi connectivity index (χ1) is 12.9. The number of sulfonamides is 1. The third-order valence-electron chi connectivity index (χ3n) is 5.69. The van der Waals surface area contributed by atoms with Crippen molar-refractivity contribution in [1.82, 2.24) is 14.1 Å². The van der Waals surface area contributed by atoms with Crippen molar-refractivity contribution in [2.24, 2.45) is 5.92 Å². The molecule has 1 aromatic rings. The molecule has 0 radical (unpaired) electrons. The molecule has 27 heavy (non-hydrogen) atoms. The second kappa shape index (κ2) is 9.17. The predicted molar refractivity (Wildman–Crippen MR) is 107 cm³/mol. The predicted octanol–water partition coefficient (Wildman–Crippen LogP) is 1.78. The number of hydrogen-bond donors (Lipinski definition) is 0. The molecule has 3 rings (SSSR count). The summed E-state index contributed by atoms with van der Waals surface area (Å²) in [5, 5.41) is 0. The smallest absolute Gasteiger partial charge is 0.222 e. The average molecular weight is 394 g/mol. The molecule has 7 heteroatoms. The van der Waals surface area contributed by atoms with Gasteiger partial charge in [0, 0.05) is 52.2 Å². The molecule has 0 saturated carbocycles.